The van der Waals surface area contributed by atoms with E-state index in [0.29, 0.717) is 12.0 Å². The van der Waals surface area contributed by atoms with Crippen molar-refractivity contribution in [3.05, 3.63) is 82.0 Å². The maximum atomic E-state index is 6.86. The number of hydrogen-bond donors (Lipinski definition) is 0. The molecule has 2 aliphatic heterocycles. The fraction of sp³-hybridized carbons (Fsp3) is 0.514. The average molecular weight is 527 g/mol. The van der Waals surface area contributed by atoms with Gasteiger partial charge < -0.3 is 9.47 Å². The highest BCUT2D eigenvalue weighted by Crippen LogP contribution is 2.39. The summed E-state index contributed by atoms with van der Waals surface area (Å²) >= 11 is 0. The topological polar surface area (TPSA) is 34.6 Å². The number of ether oxygens (including phenoxy) is 2. The molecule has 5 rings (SSSR count). The van der Waals surface area contributed by atoms with Gasteiger partial charge in [0, 0.05) is 54.9 Å². The normalized spacial score (nSPS) is 18.4. The van der Waals surface area contributed by atoms with E-state index in [1.807, 2.05) is 0 Å². The molecule has 0 aliphatic carbocycles. The number of aryl methyl sites for hydroxylation is 3. The zero-order valence-corrected chi connectivity index (χ0v) is 24.6. The molecule has 0 amide bonds. The Labute approximate surface area is 235 Å². The molecule has 2 aromatic carbocycles. The first-order valence-electron chi connectivity index (χ1n) is 15.2. The van der Waals surface area contributed by atoms with Gasteiger partial charge in [-0.1, -0.05) is 70.2 Å². The molecule has 2 aliphatic rings. The Hall–Kier alpha value is -2.69. The third-order valence-corrected chi connectivity index (χ3v) is 8.59. The smallest absolute Gasteiger partial charge is 0.128 e. The summed E-state index contributed by atoms with van der Waals surface area (Å²) < 4.78 is 12.5. The van der Waals surface area contributed by atoms with Crippen LogP contribution in [0.15, 0.2) is 48.5 Å². The lowest BCUT2D eigenvalue weighted by Gasteiger charge is -2.39. The molecular formula is C35H46N2O2. The number of aromatic nitrogens is 1. The lowest BCUT2D eigenvalue weighted by Crippen LogP contribution is -2.36. The van der Waals surface area contributed by atoms with Crippen molar-refractivity contribution in [3.8, 4) is 17.0 Å². The van der Waals surface area contributed by atoms with Gasteiger partial charge in [-0.15, -0.1) is 0 Å². The molecule has 0 radical (unpaired) electrons. The largest absolute Gasteiger partial charge is 0.490 e. The van der Waals surface area contributed by atoms with E-state index in [1.54, 1.807) is 0 Å². The summed E-state index contributed by atoms with van der Waals surface area (Å²) in [4.78, 5) is 7.96. The number of pyridine rings is 1. The van der Waals surface area contributed by atoms with Crippen molar-refractivity contribution >= 4 is 0 Å². The number of benzene rings is 2. The SMILES string of the molecule is CCc1cccc(CC)c1-c1cc(OC2CCOCC2)c(CN2CCc3ccccc3C2CC(C)C)c(C)n1. The predicted octanol–water partition coefficient (Wildman–Crippen LogP) is 7.89. The zero-order chi connectivity index (χ0) is 27.4. The predicted molar refractivity (Wildman–Crippen MR) is 160 cm³/mol. The summed E-state index contributed by atoms with van der Waals surface area (Å²) in [5.74, 6) is 1.64. The van der Waals surface area contributed by atoms with Gasteiger partial charge in [-0.3, -0.25) is 9.88 Å². The molecule has 39 heavy (non-hydrogen) atoms. The molecule has 1 atom stereocenters. The molecule has 1 unspecified atom stereocenters. The fourth-order valence-electron chi connectivity index (χ4n) is 6.46. The van der Waals surface area contributed by atoms with Gasteiger partial charge in [0.15, 0.2) is 0 Å². The molecule has 0 N–H and O–H groups in total. The second kappa shape index (κ2) is 12.7. The molecular weight excluding hydrogens is 480 g/mol. The summed E-state index contributed by atoms with van der Waals surface area (Å²) in [6.45, 7) is 14.8. The summed E-state index contributed by atoms with van der Waals surface area (Å²) in [5, 5.41) is 0. The van der Waals surface area contributed by atoms with Gasteiger partial charge in [-0.2, -0.15) is 0 Å². The van der Waals surface area contributed by atoms with Crippen LogP contribution in [-0.2, 0) is 30.5 Å². The lowest BCUT2D eigenvalue weighted by molar-refractivity contribution is 0.0246. The number of rotatable bonds is 9. The highest BCUT2D eigenvalue weighted by atomic mass is 16.5. The van der Waals surface area contributed by atoms with Gasteiger partial charge in [0.2, 0.25) is 0 Å². The van der Waals surface area contributed by atoms with E-state index >= 15 is 0 Å². The molecule has 0 spiro atoms. The van der Waals surface area contributed by atoms with Crippen molar-refractivity contribution in [2.24, 2.45) is 5.92 Å². The van der Waals surface area contributed by atoms with Gasteiger partial charge in [0.25, 0.3) is 0 Å². The first kappa shape index (κ1) is 27.9. The summed E-state index contributed by atoms with van der Waals surface area (Å²) in [7, 11) is 0. The standard InChI is InChI=1S/C35H46N2O2/c1-6-26-12-10-13-27(7-2)35(26)32-22-34(39-29-16-19-38-20-17-29)31(25(5)36-32)23-37-18-15-28-11-8-9-14-30(28)33(37)21-24(3)4/h8-14,22,24,29,33H,6-7,15-21,23H2,1-5H3. The number of nitrogens with zero attached hydrogens (tertiary/aromatic N) is 2. The van der Waals surface area contributed by atoms with Crippen molar-refractivity contribution in [1.29, 1.82) is 0 Å². The van der Waals surface area contributed by atoms with Crippen molar-refractivity contribution < 1.29 is 9.47 Å². The Bertz CT molecular complexity index is 1240. The van der Waals surface area contributed by atoms with Crippen LogP contribution in [0.3, 0.4) is 0 Å². The van der Waals surface area contributed by atoms with Crippen LogP contribution in [0.5, 0.6) is 5.75 Å². The maximum absolute atomic E-state index is 6.86. The molecule has 3 heterocycles. The minimum absolute atomic E-state index is 0.188. The molecule has 0 bridgehead atoms. The minimum Gasteiger partial charge on any atom is -0.490 e. The maximum Gasteiger partial charge on any atom is 0.128 e. The van der Waals surface area contributed by atoms with Gasteiger partial charge in [-0.05, 0) is 60.8 Å². The Balaban J connectivity index is 1.56. The minimum atomic E-state index is 0.188. The monoisotopic (exact) mass is 526 g/mol. The van der Waals surface area contributed by atoms with Crippen LogP contribution >= 0.6 is 0 Å². The Morgan fingerprint density at radius 2 is 1.72 bits per heavy atom. The first-order valence-corrected chi connectivity index (χ1v) is 15.2. The third kappa shape index (κ3) is 6.23. The quantitative estimate of drug-likeness (QED) is 0.284. The van der Waals surface area contributed by atoms with Crippen LogP contribution in [0, 0.1) is 12.8 Å². The molecule has 1 fully saturated rings. The van der Waals surface area contributed by atoms with Gasteiger partial charge in [0.05, 0.1) is 18.9 Å². The third-order valence-electron chi connectivity index (χ3n) is 8.59. The second-order valence-corrected chi connectivity index (χ2v) is 11.7. The number of hydrogen-bond acceptors (Lipinski definition) is 4. The van der Waals surface area contributed by atoms with E-state index in [-0.39, 0.29) is 6.10 Å². The molecule has 0 saturated carbocycles. The molecule has 208 valence electrons. The Morgan fingerprint density at radius 3 is 2.41 bits per heavy atom. The number of fused-ring (bicyclic) bond motifs is 1. The summed E-state index contributed by atoms with van der Waals surface area (Å²) in [6.07, 6.45) is 6.30. The fourth-order valence-corrected chi connectivity index (χ4v) is 6.46. The van der Waals surface area contributed by atoms with E-state index < -0.39 is 0 Å². The van der Waals surface area contributed by atoms with Crippen LogP contribution in [0.2, 0.25) is 0 Å². The van der Waals surface area contributed by atoms with Crippen LogP contribution in [-0.4, -0.2) is 35.7 Å². The highest BCUT2D eigenvalue weighted by Gasteiger charge is 2.30. The summed E-state index contributed by atoms with van der Waals surface area (Å²) in [5.41, 5.74) is 10.4. The average Bonchev–Trinajstić information content (AvgIpc) is 2.95. The molecule has 1 aromatic heterocycles. The van der Waals surface area contributed by atoms with Crippen molar-refractivity contribution in [2.45, 2.75) is 91.8 Å². The van der Waals surface area contributed by atoms with Gasteiger partial charge in [-0.25, -0.2) is 0 Å². The van der Waals surface area contributed by atoms with Crippen LogP contribution in [0.1, 0.15) is 86.5 Å². The molecule has 1 saturated heterocycles. The van der Waals surface area contributed by atoms with E-state index in [1.165, 1.54) is 33.4 Å². The highest BCUT2D eigenvalue weighted by molar-refractivity contribution is 5.70. The van der Waals surface area contributed by atoms with E-state index in [4.69, 9.17) is 14.5 Å². The first-order chi connectivity index (χ1) is 19.0. The Kier molecular flexibility index (Phi) is 9.04. The van der Waals surface area contributed by atoms with Gasteiger partial charge >= 0.3 is 0 Å². The summed E-state index contributed by atoms with van der Waals surface area (Å²) in [6, 6.07) is 18.4. The van der Waals surface area contributed by atoms with E-state index in [0.717, 1.165) is 82.0 Å². The van der Waals surface area contributed by atoms with Crippen molar-refractivity contribution in [2.75, 3.05) is 19.8 Å². The van der Waals surface area contributed by atoms with Crippen molar-refractivity contribution in [1.82, 2.24) is 9.88 Å². The van der Waals surface area contributed by atoms with Crippen LogP contribution in [0.4, 0.5) is 0 Å². The van der Waals surface area contributed by atoms with Crippen molar-refractivity contribution in [3.63, 3.8) is 0 Å². The lowest BCUT2D eigenvalue weighted by atomic mass is 9.87. The molecule has 3 aromatic rings. The van der Waals surface area contributed by atoms with E-state index in [2.05, 4.69) is 88.0 Å². The van der Waals surface area contributed by atoms with Crippen LogP contribution in [0.25, 0.3) is 11.3 Å². The van der Waals surface area contributed by atoms with Gasteiger partial charge in [0.1, 0.15) is 11.9 Å². The molecule has 4 nitrogen and oxygen atoms in total. The molecule has 4 heteroatoms. The Morgan fingerprint density at radius 1 is 1.00 bits per heavy atom. The van der Waals surface area contributed by atoms with Crippen LogP contribution < -0.4 is 4.74 Å². The zero-order valence-electron chi connectivity index (χ0n) is 24.6. The van der Waals surface area contributed by atoms with E-state index in [9.17, 15) is 0 Å². The second-order valence-electron chi connectivity index (χ2n) is 11.7.